The summed E-state index contributed by atoms with van der Waals surface area (Å²) >= 11 is 0. The Kier molecular flexibility index (Phi) is 9.03. The first kappa shape index (κ1) is 26.1. The van der Waals surface area contributed by atoms with E-state index in [1.807, 2.05) is 91.0 Å². The molecular formula is C31H33N3O3. The molecule has 1 heterocycles. The number of rotatable bonds is 11. The van der Waals surface area contributed by atoms with Crippen LogP contribution in [0.1, 0.15) is 29.0 Å². The molecule has 0 fully saturated rings. The maximum atomic E-state index is 11.6. The minimum Gasteiger partial charge on any atom is -0.465 e. The average molecular weight is 496 g/mol. The van der Waals surface area contributed by atoms with Crippen molar-refractivity contribution in [3.8, 4) is 11.3 Å². The van der Waals surface area contributed by atoms with Gasteiger partial charge >= 0.3 is 6.09 Å². The van der Waals surface area contributed by atoms with Gasteiger partial charge in [0.2, 0.25) is 0 Å². The second-order valence-electron chi connectivity index (χ2n) is 9.35. The Balaban J connectivity index is 1.48. The van der Waals surface area contributed by atoms with Gasteiger partial charge in [-0.25, -0.2) is 4.79 Å². The smallest absolute Gasteiger partial charge is 0.404 e. The summed E-state index contributed by atoms with van der Waals surface area (Å²) in [7, 11) is 0. The van der Waals surface area contributed by atoms with E-state index in [0.29, 0.717) is 12.8 Å². The lowest BCUT2D eigenvalue weighted by Crippen LogP contribution is -2.46. The van der Waals surface area contributed by atoms with Crippen LogP contribution >= 0.6 is 0 Å². The van der Waals surface area contributed by atoms with Gasteiger partial charge in [-0.2, -0.15) is 0 Å². The maximum Gasteiger partial charge on any atom is 0.404 e. The first-order valence-corrected chi connectivity index (χ1v) is 12.5. The molecule has 0 bridgehead atoms. The third kappa shape index (κ3) is 7.49. The van der Waals surface area contributed by atoms with Crippen molar-refractivity contribution in [1.29, 1.82) is 0 Å². The molecule has 3 aromatic carbocycles. The molecule has 37 heavy (non-hydrogen) atoms. The molecule has 6 nitrogen and oxygen atoms in total. The van der Waals surface area contributed by atoms with Crippen LogP contribution in [0.25, 0.3) is 11.3 Å². The number of nitrogens with one attached hydrogen (secondary N) is 1. The van der Waals surface area contributed by atoms with E-state index in [1.54, 1.807) is 6.20 Å². The number of hydrogen-bond acceptors (Lipinski definition) is 4. The molecule has 4 aromatic rings. The Hall–Kier alpha value is -4.00. The Morgan fingerprint density at radius 1 is 0.811 bits per heavy atom. The molecule has 0 aliphatic rings. The standard InChI is InChI=1S/C31H33N3O3/c32-30(27(24-11-5-2-6-12-24)20-22-9-3-1-4-10-22)29(35)21-26(34-31(36)37)19-23-14-16-25(17-15-23)28-13-7-8-18-33-28/h1-18,26-27,29-30,34-35H,19-21,32H2,(H,36,37)/t26-,27?,29-,30-/m0/s1. The fourth-order valence-electron chi connectivity index (χ4n) is 4.76. The Morgan fingerprint density at radius 2 is 1.43 bits per heavy atom. The van der Waals surface area contributed by atoms with Gasteiger partial charge in [0.05, 0.1) is 11.8 Å². The second kappa shape index (κ2) is 12.8. The lowest BCUT2D eigenvalue weighted by Gasteiger charge is -2.31. The van der Waals surface area contributed by atoms with Crippen molar-refractivity contribution >= 4 is 6.09 Å². The van der Waals surface area contributed by atoms with Gasteiger partial charge in [0.1, 0.15) is 0 Å². The Morgan fingerprint density at radius 3 is 2.05 bits per heavy atom. The van der Waals surface area contributed by atoms with E-state index in [0.717, 1.165) is 27.9 Å². The third-order valence-corrected chi connectivity index (χ3v) is 6.69. The summed E-state index contributed by atoms with van der Waals surface area (Å²) in [6, 6.07) is 32.6. The van der Waals surface area contributed by atoms with Gasteiger partial charge in [-0.1, -0.05) is 91.0 Å². The van der Waals surface area contributed by atoms with E-state index >= 15 is 0 Å². The zero-order chi connectivity index (χ0) is 26.0. The molecule has 4 atom stereocenters. The fourth-order valence-corrected chi connectivity index (χ4v) is 4.76. The summed E-state index contributed by atoms with van der Waals surface area (Å²) in [4.78, 5) is 15.9. The molecule has 1 amide bonds. The van der Waals surface area contributed by atoms with Crippen molar-refractivity contribution in [2.24, 2.45) is 5.73 Å². The number of aliphatic hydroxyl groups is 1. The minimum atomic E-state index is -1.13. The number of benzene rings is 3. The molecule has 0 radical (unpaired) electrons. The monoisotopic (exact) mass is 495 g/mol. The number of nitrogens with zero attached hydrogens (tertiary/aromatic N) is 1. The summed E-state index contributed by atoms with van der Waals surface area (Å²) in [6.45, 7) is 0. The number of aromatic nitrogens is 1. The van der Waals surface area contributed by atoms with Crippen molar-refractivity contribution in [2.45, 2.75) is 43.4 Å². The SMILES string of the molecule is N[C@@H](C(Cc1ccccc1)c1ccccc1)[C@@H](O)C[C@H](Cc1ccc(-c2ccccn2)cc1)NC(=O)O. The maximum absolute atomic E-state index is 11.6. The second-order valence-corrected chi connectivity index (χ2v) is 9.35. The normalized spacial score (nSPS) is 14.3. The molecule has 1 unspecified atom stereocenters. The van der Waals surface area contributed by atoms with E-state index in [-0.39, 0.29) is 12.3 Å². The van der Waals surface area contributed by atoms with Crippen LogP contribution in [0.4, 0.5) is 4.79 Å². The number of hydrogen-bond donors (Lipinski definition) is 4. The number of amides is 1. The van der Waals surface area contributed by atoms with Crippen LogP contribution in [-0.2, 0) is 12.8 Å². The van der Waals surface area contributed by atoms with Crippen LogP contribution in [0, 0.1) is 0 Å². The summed E-state index contributed by atoms with van der Waals surface area (Å²) < 4.78 is 0. The minimum absolute atomic E-state index is 0.123. The molecule has 0 saturated carbocycles. The van der Waals surface area contributed by atoms with Gasteiger partial charge in [0.25, 0.3) is 0 Å². The van der Waals surface area contributed by atoms with Gasteiger partial charge < -0.3 is 21.3 Å². The zero-order valence-corrected chi connectivity index (χ0v) is 20.7. The number of carbonyl (C=O) groups is 1. The van der Waals surface area contributed by atoms with Crippen LogP contribution < -0.4 is 11.1 Å². The molecule has 190 valence electrons. The van der Waals surface area contributed by atoms with Gasteiger partial charge in [-0.05, 0) is 48.1 Å². The quantitative estimate of drug-likeness (QED) is 0.233. The van der Waals surface area contributed by atoms with Crippen molar-refractivity contribution in [2.75, 3.05) is 0 Å². The summed E-state index contributed by atoms with van der Waals surface area (Å²) in [5, 5.41) is 23.2. The summed E-state index contributed by atoms with van der Waals surface area (Å²) in [5.41, 5.74) is 11.7. The molecule has 0 aliphatic carbocycles. The van der Waals surface area contributed by atoms with E-state index < -0.39 is 24.3 Å². The van der Waals surface area contributed by atoms with E-state index in [1.165, 1.54) is 0 Å². The first-order valence-electron chi connectivity index (χ1n) is 12.5. The number of carboxylic acid groups (broad SMARTS) is 1. The van der Waals surface area contributed by atoms with Crippen LogP contribution in [0.3, 0.4) is 0 Å². The average Bonchev–Trinajstić information content (AvgIpc) is 2.93. The number of pyridine rings is 1. The first-order chi connectivity index (χ1) is 18.0. The van der Waals surface area contributed by atoms with Gasteiger partial charge in [-0.15, -0.1) is 0 Å². The highest BCUT2D eigenvalue weighted by Crippen LogP contribution is 2.27. The predicted octanol–water partition coefficient (Wildman–Crippen LogP) is 5.03. The highest BCUT2D eigenvalue weighted by Gasteiger charge is 2.29. The molecule has 4 rings (SSSR count). The van der Waals surface area contributed by atoms with Gasteiger partial charge in [-0.3, -0.25) is 4.98 Å². The van der Waals surface area contributed by atoms with Crippen LogP contribution in [0.15, 0.2) is 109 Å². The highest BCUT2D eigenvalue weighted by molar-refractivity contribution is 5.65. The Bertz CT molecular complexity index is 1240. The summed E-state index contributed by atoms with van der Waals surface area (Å²) in [5.74, 6) is -0.123. The number of nitrogens with two attached hydrogens (primary N) is 1. The third-order valence-electron chi connectivity index (χ3n) is 6.69. The zero-order valence-electron chi connectivity index (χ0n) is 20.7. The molecular weight excluding hydrogens is 462 g/mol. The molecule has 0 spiro atoms. The summed E-state index contributed by atoms with van der Waals surface area (Å²) in [6.07, 6.45) is 1.04. The fraction of sp³-hybridized carbons (Fsp3) is 0.226. The largest absolute Gasteiger partial charge is 0.465 e. The van der Waals surface area contributed by atoms with Crippen LogP contribution in [0.5, 0.6) is 0 Å². The number of aliphatic hydroxyl groups excluding tert-OH is 1. The van der Waals surface area contributed by atoms with Gasteiger partial charge in [0.15, 0.2) is 0 Å². The molecule has 5 N–H and O–H groups in total. The predicted molar refractivity (Wildman–Crippen MR) is 146 cm³/mol. The van der Waals surface area contributed by atoms with Crippen LogP contribution in [0.2, 0.25) is 0 Å². The molecule has 6 heteroatoms. The lowest BCUT2D eigenvalue weighted by atomic mass is 9.82. The van der Waals surface area contributed by atoms with E-state index in [2.05, 4.69) is 22.4 Å². The van der Waals surface area contributed by atoms with E-state index in [9.17, 15) is 15.0 Å². The van der Waals surface area contributed by atoms with Crippen molar-refractivity contribution < 1.29 is 15.0 Å². The lowest BCUT2D eigenvalue weighted by molar-refractivity contribution is 0.108. The molecule has 0 aliphatic heterocycles. The van der Waals surface area contributed by atoms with Crippen LogP contribution in [-0.4, -0.2) is 39.5 Å². The highest BCUT2D eigenvalue weighted by atomic mass is 16.4. The topological polar surface area (TPSA) is 108 Å². The molecule has 0 saturated heterocycles. The molecule has 1 aromatic heterocycles. The van der Waals surface area contributed by atoms with Gasteiger partial charge in [0, 0.05) is 29.8 Å². The van der Waals surface area contributed by atoms with E-state index in [4.69, 9.17) is 5.73 Å². The van der Waals surface area contributed by atoms with Crippen molar-refractivity contribution in [3.63, 3.8) is 0 Å². The van der Waals surface area contributed by atoms with Crippen molar-refractivity contribution in [1.82, 2.24) is 10.3 Å². The Labute approximate surface area is 217 Å². The van der Waals surface area contributed by atoms with Crippen molar-refractivity contribution in [3.05, 3.63) is 126 Å².